The number of benzene rings is 2. The lowest BCUT2D eigenvalue weighted by molar-refractivity contribution is -0.119. The summed E-state index contributed by atoms with van der Waals surface area (Å²) < 4.78 is 7.13. The van der Waals surface area contributed by atoms with Gasteiger partial charge in [-0.1, -0.05) is 24.3 Å². The van der Waals surface area contributed by atoms with E-state index >= 15 is 0 Å². The van der Waals surface area contributed by atoms with Gasteiger partial charge < -0.3 is 24.8 Å². The molecule has 1 fully saturated rings. The maximum Gasteiger partial charge on any atom is 0.250 e. The average Bonchev–Trinajstić information content (AvgIpc) is 3.51. The second-order valence-electron chi connectivity index (χ2n) is 8.62. The van der Waals surface area contributed by atoms with Crippen LogP contribution < -0.4 is 15.5 Å². The van der Waals surface area contributed by atoms with Crippen LogP contribution in [0.4, 0.5) is 11.4 Å². The quantitative estimate of drug-likeness (QED) is 0.353. The standard InChI is InChI=1S/C28H27N5O2S/c1-19-17-21(13-14-22(19)30-25(34)18-35-2)33-27(26(31-28(33)36)23-11-6-7-15-29-23)24-12-8-16-32(24)20-9-4-3-5-10-20/h3-17,26-27H,18H2,1-2H3,(H,30,34)(H,31,36)/t26-,27-/m0/s1. The summed E-state index contributed by atoms with van der Waals surface area (Å²) in [4.78, 5) is 18.8. The highest BCUT2D eigenvalue weighted by Crippen LogP contribution is 2.42. The zero-order valence-electron chi connectivity index (χ0n) is 20.1. The number of nitrogens with one attached hydrogen (secondary N) is 2. The van der Waals surface area contributed by atoms with Crippen LogP contribution in [0.2, 0.25) is 0 Å². The van der Waals surface area contributed by atoms with Crippen molar-refractivity contribution in [2.45, 2.75) is 19.0 Å². The lowest BCUT2D eigenvalue weighted by Gasteiger charge is -2.29. The van der Waals surface area contributed by atoms with Gasteiger partial charge in [-0.05, 0) is 79.3 Å². The Labute approximate surface area is 215 Å². The van der Waals surface area contributed by atoms with Crippen molar-refractivity contribution in [3.05, 3.63) is 108 Å². The molecule has 5 rings (SSSR count). The molecule has 182 valence electrons. The number of carbonyl (C=O) groups is 1. The van der Waals surface area contributed by atoms with E-state index in [4.69, 9.17) is 17.0 Å². The van der Waals surface area contributed by atoms with Crippen molar-refractivity contribution in [3.63, 3.8) is 0 Å². The van der Waals surface area contributed by atoms with E-state index in [1.807, 2.05) is 61.5 Å². The van der Waals surface area contributed by atoms with Crippen molar-refractivity contribution in [2.24, 2.45) is 0 Å². The lowest BCUT2D eigenvalue weighted by Crippen LogP contribution is -2.30. The van der Waals surface area contributed by atoms with E-state index in [2.05, 4.69) is 55.5 Å². The van der Waals surface area contributed by atoms with E-state index in [0.717, 1.165) is 34.0 Å². The second kappa shape index (κ2) is 10.3. The number of aromatic nitrogens is 2. The number of rotatable bonds is 7. The van der Waals surface area contributed by atoms with Gasteiger partial charge in [-0.15, -0.1) is 0 Å². The van der Waals surface area contributed by atoms with E-state index in [0.29, 0.717) is 5.11 Å². The molecule has 2 N–H and O–H groups in total. The number of thiocarbonyl (C=S) groups is 1. The lowest BCUT2D eigenvalue weighted by atomic mass is 10.00. The summed E-state index contributed by atoms with van der Waals surface area (Å²) in [6.07, 6.45) is 3.87. The molecule has 0 unspecified atom stereocenters. The van der Waals surface area contributed by atoms with Crippen LogP contribution in [0.1, 0.15) is 29.0 Å². The summed E-state index contributed by atoms with van der Waals surface area (Å²) in [6, 6.07) is 26.0. The van der Waals surface area contributed by atoms with Crippen molar-refractivity contribution in [2.75, 3.05) is 23.9 Å². The summed E-state index contributed by atoms with van der Waals surface area (Å²) in [5.41, 5.74) is 5.66. The summed E-state index contributed by atoms with van der Waals surface area (Å²) in [6.45, 7) is 1.97. The zero-order valence-corrected chi connectivity index (χ0v) is 20.9. The maximum atomic E-state index is 12.1. The van der Waals surface area contributed by atoms with Gasteiger partial charge in [0.05, 0.1) is 11.7 Å². The molecule has 0 saturated carbocycles. The minimum atomic E-state index is -0.194. The molecule has 0 aliphatic carbocycles. The summed E-state index contributed by atoms with van der Waals surface area (Å²) >= 11 is 5.88. The number of ether oxygens (including phenoxy) is 1. The van der Waals surface area contributed by atoms with Crippen molar-refractivity contribution < 1.29 is 9.53 Å². The molecule has 1 aliphatic heterocycles. The van der Waals surface area contributed by atoms with Gasteiger partial charge in [-0.3, -0.25) is 9.78 Å². The van der Waals surface area contributed by atoms with E-state index in [9.17, 15) is 4.79 Å². The fraction of sp³-hybridized carbons (Fsp3) is 0.179. The van der Waals surface area contributed by atoms with Gasteiger partial charge in [-0.25, -0.2) is 0 Å². The first kappa shape index (κ1) is 23.7. The normalized spacial score (nSPS) is 17.2. The molecule has 0 spiro atoms. The molecular formula is C28H27N5O2S. The first-order chi connectivity index (χ1) is 17.6. The van der Waals surface area contributed by atoms with Crippen LogP contribution in [-0.4, -0.2) is 34.3 Å². The molecule has 1 amide bonds. The number of hydrogen-bond acceptors (Lipinski definition) is 4. The van der Waals surface area contributed by atoms with E-state index in [1.54, 1.807) is 6.20 Å². The Hall–Kier alpha value is -4.01. The van der Waals surface area contributed by atoms with Crippen molar-refractivity contribution in [1.29, 1.82) is 0 Å². The highest BCUT2D eigenvalue weighted by Gasteiger charge is 2.42. The Morgan fingerprint density at radius 3 is 2.58 bits per heavy atom. The average molecular weight is 498 g/mol. The van der Waals surface area contributed by atoms with Crippen LogP contribution in [0.15, 0.2) is 91.3 Å². The van der Waals surface area contributed by atoms with E-state index in [-0.39, 0.29) is 24.6 Å². The van der Waals surface area contributed by atoms with Gasteiger partial charge in [-0.2, -0.15) is 0 Å². The molecule has 7 nitrogen and oxygen atoms in total. The molecule has 1 aliphatic rings. The van der Waals surface area contributed by atoms with Crippen molar-refractivity contribution in [3.8, 4) is 5.69 Å². The molecule has 2 atom stereocenters. The fourth-order valence-electron chi connectivity index (χ4n) is 4.65. The first-order valence-electron chi connectivity index (χ1n) is 11.7. The number of amides is 1. The summed E-state index contributed by atoms with van der Waals surface area (Å²) in [5.74, 6) is -0.194. The number of pyridine rings is 1. The molecule has 8 heteroatoms. The van der Waals surface area contributed by atoms with Gasteiger partial charge in [0.25, 0.3) is 0 Å². The van der Waals surface area contributed by atoms with Crippen LogP contribution in [0, 0.1) is 6.92 Å². The van der Waals surface area contributed by atoms with E-state index < -0.39 is 0 Å². The van der Waals surface area contributed by atoms with Crippen LogP contribution in [0.3, 0.4) is 0 Å². The largest absolute Gasteiger partial charge is 0.375 e. The third kappa shape index (κ3) is 4.60. The van der Waals surface area contributed by atoms with E-state index in [1.165, 1.54) is 7.11 Å². The fourth-order valence-corrected chi connectivity index (χ4v) is 4.99. The minimum absolute atomic E-state index is 0.00558. The number of hydrogen-bond donors (Lipinski definition) is 2. The molecular weight excluding hydrogens is 470 g/mol. The molecule has 2 aromatic heterocycles. The van der Waals surface area contributed by atoms with Crippen LogP contribution in [0.5, 0.6) is 0 Å². The Kier molecular flexibility index (Phi) is 6.79. The Bertz CT molecular complexity index is 1370. The topological polar surface area (TPSA) is 71.4 Å². The number of para-hydroxylation sites is 1. The number of anilines is 2. The minimum Gasteiger partial charge on any atom is -0.375 e. The third-order valence-corrected chi connectivity index (χ3v) is 6.57. The monoisotopic (exact) mass is 497 g/mol. The molecule has 0 radical (unpaired) electrons. The Balaban J connectivity index is 1.58. The first-order valence-corrected chi connectivity index (χ1v) is 12.1. The number of methoxy groups -OCH3 is 1. The number of aryl methyl sites for hydroxylation is 1. The molecule has 1 saturated heterocycles. The molecule has 3 heterocycles. The van der Waals surface area contributed by atoms with Crippen molar-refractivity contribution in [1.82, 2.24) is 14.9 Å². The van der Waals surface area contributed by atoms with Crippen LogP contribution >= 0.6 is 12.2 Å². The van der Waals surface area contributed by atoms with Gasteiger partial charge in [0.1, 0.15) is 12.6 Å². The van der Waals surface area contributed by atoms with Crippen LogP contribution in [-0.2, 0) is 9.53 Å². The van der Waals surface area contributed by atoms with Gasteiger partial charge in [0.15, 0.2) is 5.11 Å². The Morgan fingerprint density at radius 2 is 1.86 bits per heavy atom. The highest BCUT2D eigenvalue weighted by atomic mass is 32.1. The smallest absolute Gasteiger partial charge is 0.250 e. The Morgan fingerprint density at radius 1 is 1.06 bits per heavy atom. The molecule has 36 heavy (non-hydrogen) atoms. The molecule has 4 aromatic rings. The zero-order chi connectivity index (χ0) is 25.1. The van der Waals surface area contributed by atoms with Crippen molar-refractivity contribution >= 4 is 34.6 Å². The number of carbonyl (C=O) groups excluding carboxylic acids is 1. The number of nitrogens with zero attached hydrogens (tertiary/aromatic N) is 3. The predicted octanol–water partition coefficient (Wildman–Crippen LogP) is 4.94. The van der Waals surface area contributed by atoms with Gasteiger partial charge in [0, 0.05) is 42.3 Å². The maximum absolute atomic E-state index is 12.1. The van der Waals surface area contributed by atoms with Crippen LogP contribution in [0.25, 0.3) is 5.69 Å². The summed E-state index contributed by atoms with van der Waals surface area (Å²) in [5, 5.41) is 7.03. The molecule has 2 aromatic carbocycles. The second-order valence-corrected chi connectivity index (χ2v) is 9.00. The SMILES string of the molecule is COCC(=O)Nc1ccc(N2C(=S)N[C@@H](c3ccccn3)[C@@H]2c2cccn2-c2ccccc2)cc1C. The summed E-state index contributed by atoms with van der Waals surface area (Å²) in [7, 11) is 1.50. The predicted molar refractivity (Wildman–Crippen MR) is 145 cm³/mol. The highest BCUT2D eigenvalue weighted by molar-refractivity contribution is 7.80. The third-order valence-electron chi connectivity index (χ3n) is 6.25. The van der Waals surface area contributed by atoms with Gasteiger partial charge in [0.2, 0.25) is 5.91 Å². The molecule has 0 bridgehead atoms. The van der Waals surface area contributed by atoms with Gasteiger partial charge >= 0.3 is 0 Å².